The van der Waals surface area contributed by atoms with Gasteiger partial charge in [0.15, 0.2) is 0 Å². The average Bonchev–Trinajstić information content (AvgIpc) is 2.93. The molecule has 2 heterocycles. The predicted octanol–water partition coefficient (Wildman–Crippen LogP) is 0.857. The standard InChI is InChI=1S/C13H11N3O3/c14-11(8-3-4-19-6-8)7-1-2-9-10(5-7)16-13(18)12(17)15-9/h1-6,11H,14H2,(H,15,17)(H,16,18). The van der Waals surface area contributed by atoms with Crippen molar-refractivity contribution in [3.63, 3.8) is 0 Å². The van der Waals surface area contributed by atoms with E-state index in [1.807, 2.05) is 0 Å². The summed E-state index contributed by atoms with van der Waals surface area (Å²) in [7, 11) is 0. The van der Waals surface area contributed by atoms with E-state index >= 15 is 0 Å². The summed E-state index contributed by atoms with van der Waals surface area (Å²) in [5, 5.41) is 0. The Hall–Kier alpha value is -2.60. The summed E-state index contributed by atoms with van der Waals surface area (Å²) in [4.78, 5) is 27.5. The van der Waals surface area contributed by atoms with Crippen LogP contribution in [-0.4, -0.2) is 9.97 Å². The fourth-order valence-electron chi connectivity index (χ4n) is 1.97. The minimum Gasteiger partial charge on any atom is -0.472 e. The molecule has 2 aromatic heterocycles. The Morgan fingerprint density at radius 2 is 1.74 bits per heavy atom. The number of aromatic nitrogens is 2. The van der Waals surface area contributed by atoms with Crippen molar-refractivity contribution in [2.45, 2.75) is 6.04 Å². The van der Waals surface area contributed by atoms with Gasteiger partial charge in [0, 0.05) is 5.56 Å². The highest BCUT2D eigenvalue weighted by molar-refractivity contribution is 5.74. The largest absolute Gasteiger partial charge is 0.472 e. The van der Waals surface area contributed by atoms with Crippen molar-refractivity contribution in [3.8, 4) is 0 Å². The van der Waals surface area contributed by atoms with Crippen LogP contribution in [0.15, 0.2) is 50.8 Å². The third-order valence-electron chi connectivity index (χ3n) is 3.01. The maximum Gasteiger partial charge on any atom is 0.314 e. The SMILES string of the molecule is NC(c1ccoc1)c1ccc2[nH]c(=O)c(=O)[nH]c2c1. The molecule has 3 aromatic rings. The van der Waals surface area contributed by atoms with Crippen molar-refractivity contribution in [2.75, 3.05) is 0 Å². The molecule has 0 bridgehead atoms. The molecule has 0 aliphatic heterocycles. The second kappa shape index (κ2) is 4.25. The van der Waals surface area contributed by atoms with Crippen LogP contribution in [0.25, 0.3) is 11.0 Å². The molecule has 0 aliphatic carbocycles. The summed E-state index contributed by atoms with van der Waals surface area (Å²) in [6.45, 7) is 0. The molecule has 1 aromatic carbocycles. The van der Waals surface area contributed by atoms with Crippen molar-refractivity contribution in [2.24, 2.45) is 5.73 Å². The number of benzene rings is 1. The summed E-state index contributed by atoms with van der Waals surface area (Å²) < 4.78 is 4.99. The minimum absolute atomic E-state index is 0.349. The van der Waals surface area contributed by atoms with Crippen LogP contribution in [0.4, 0.5) is 0 Å². The van der Waals surface area contributed by atoms with E-state index in [0.29, 0.717) is 11.0 Å². The summed E-state index contributed by atoms with van der Waals surface area (Å²) in [5.74, 6) is 0. The molecular formula is C13H11N3O3. The van der Waals surface area contributed by atoms with Gasteiger partial charge in [-0.2, -0.15) is 0 Å². The molecule has 0 amide bonds. The van der Waals surface area contributed by atoms with Crippen LogP contribution in [-0.2, 0) is 0 Å². The van der Waals surface area contributed by atoms with Crippen LogP contribution in [0.1, 0.15) is 17.2 Å². The lowest BCUT2D eigenvalue weighted by Crippen LogP contribution is -2.29. The maximum absolute atomic E-state index is 11.3. The highest BCUT2D eigenvalue weighted by Gasteiger charge is 2.11. The van der Waals surface area contributed by atoms with Gasteiger partial charge in [-0.3, -0.25) is 9.59 Å². The van der Waals surface area contributed by atoms with Gasteiger partial charge in [-0.25, -0.2) is 0 Å². The summed E-state index contributed by atoms with van der Waals surface area (Å²) in [6, 6.07) is 6.68. The Bertz CT molecular complexity index is 830. The van der Waals surface area contributed by atoms with Crippen molar-refractivity contribution >= 4 is 11.0 Å². The third kappa shape index (κ3) is 1.98. The first-order valence-corrected chi connectivity index (χ1v) is 5.69. The molecular weight excluding hydrogens is 246 g/mol. The van der Waals surface area contributed by atoms with Gasteiger partial charge in [0.05, 0.1) is 29.6 Å². The molecule has 19 heavy (non-hydrogen) atoms. The van der Waals surface area contributed by atoms with E-state index in [1.54, 1.807) is 36.8 Å². The van der Waals surface area contributed by atoms with Crippen LogP contribution in [0.2, 0.25) is 0 Å². The third-order valence-corrected chi connectivity index (χ3v) is 3.01. The Morgan fingerprint density at radius 1 is 1.00 bits per heavy atom. The molecule has 0 fully saturated rings. The molecule has 0 spiro atoms. The quantitative estimate of drug-likeness (QED) is 0.592. The minimum atomic E-state index is -0.679. The number of hydrogen-bond acceptors (Lipinski definition) is 4. The highest BCUT2D eigenvalue weighted by Crippen LogP contribution is 2.21. The van der Waals surface area contributed by atoms with Gasteiger partial charge >= 0.3 is 11.1 Å². The van der Waals surface area contributed by atoms with E-state index < -0.39 is 11.1 Å². The van der Waals surface area contributed by atoms with Gasteiger partial charge < -0.3 is 20.1 Å². The van der Waals surface area contributed by atoms with Crippen LogP contribution in [0, 0.1) is 0 Å². The fourth-order valence-corrected chi connectivity index (χ4v) is 1.97. The molecule has 0 saturated carbocycles. The molecule has 1 unspecified atom stereocenters. The summed E-state index contributed by atoms with van der Waals surface area (Å²) in [5.41, 5.74) is 7.51. The average molecular weight is 257 g/mol. The Balaban J connectivity index is 2.14. The molecule has 6 nitrogen and oxygen atoms in total. The molecule has 1 atom stereocenters. The van der Waals surface area contributed by atoms with Crippen molar-refractivity contribution in [1.82, 2.24) is 9.97 Å². The highest BCUT2D eigenvalue weighted by atomic mass is 16.3. The van der Waals surface area contributed by atoms with Crippen molar-refractivity contribution in [3.05, 3.63) is 68.6 Å². The molecule has 0 radical (unpaired) electrons. The molecule has 4 N–H and O–H groups in total. The molecule has 0 saturated heterocycles. The molecule has 0 aliphatic rings. The van der Waals surface area contributed by atoms with E-state index in [2.05, 4.69) is 9.97 Å². The number of H-pyrrole nitrogens is 2. The first-order chi connectivity index (χ1) is 9.15. The molecule has 3 rings (SSSR count). The lowest BCUT2D eigenvalue weighted by molar-refractivity contribution is 0.562. The van der Waals surface area contributed by atoms with E-state index in [-0.39, 0.29) is 6.04 Å². The Kier molecular flexibility index (Phi) is 2.57. The molecule has 6 heteroatoms. The van der Waals surface area contributed by atoms with Gasteiger partial charge in [-0.05, 0) is 23.8 Å². The zero-order valence-electron chi connectivity index (χ0n) is 9.84. The summed E-state index contributed by atoms with van der Waals surface area (Å²) in [6.07, 6.45) is 3.13. The number of aromatic amines is 2. The predicted molar refractivity (Wildman–Crippen MR) is 69.9 cm³/mol. The van der Waals surface area contributed by atoms with Gasteiger partial charge in [0.25, 0.3) is 0 Å². The van der Waals surface area contributed by atoms with Crippen LogP contribution in [0.3, 0.4) is 0 Å². The normalized spacial score (nSPS) is 12.7. The van der Waals surface area contributed by atoms with Crippen LogP contribution >= 0.6 is 0 Å². The lowest BCUT2D eigenvalue weighted by atomic mass is 10.0. The van der Waals surface area contributed by atoms with E-state index in [9.17, 15) is 9.59 Å². The first-order valence-electron chi connectivity index (χ1n) is 5.69. The van der Waals surface area contributed by atoms with Crippen LogP contribution in [0.5, 0.6) is 0 Å². The monoisotopic (exact) mass is 257 g/mol. The first kappa shape index (κ1) is 11.5. The second-order valence-electron chi connectivity index (χ2n) is 4.25. The number of nitrogens with two attached hydrogens (primary N) is 1. The Labute approximate surface area is 106 Å². The Morgan fingerprint density at radius 3 is 2.42 bits per heavy atom. The second-order valence-corrected chi connectivity index (χ2v) is 4.25. The number of fused-ring (bicyclic) bond motifs is 1. The van der Waals surface area contributed by atoms with Gasteiger partial charge in [-0.15, -0.1) is 0 Å². The van der Waals surface area contributed by atoms with Crippen molar-refractivity contribution < 1.29 is 4.42 Å². The summed E-state index contributed by atoms with van der Waals surface area (Å²) >= 11 is 0. The molecule has 96 valence electrons. The van der Waals surface area contributed by atoms with Gasteiger partial charge in [-0.1, -0.05) is 6.07 Å². The number of furan rings is 1. The number of hydrogen-bond donors (Lipinski definition) is 3. The zero-order valence-corrected chi connectivity index (χ0v) is 9.84. The number of nitrogens with one attached hydrogen (secondary N) is 2. The van der Waals surface area contributed by atoms with E-state index in [0.717, 1.165) is 11.1 Å². The maximum atomic E-state index is 11.3. The number of rotatable bonds is 2. The van der Waals surface area contributed by atoms with E-state index in [1.165, 1.54) is 0 Å². The van der Waals surface area contributed by atoms with Gasteiger partial charge in [0.1, 0.15) is 0 Å². The lowest BCUT2D eigenvalue weighted by Gasteiger charge is -2.10. The van der Waals surface area contributed by atoms with E-state index in [4.69, 9.17) is 10.2 Å². The van der Waals surface area contributed by atoms with Crippen LogP contribution < -0.4 is 16.9 Å². The topological polar surface area (TPSA) is 105 Å². The van der Waals surface area contributed by atoms with Crippen molar-refractivity contribution in [1.29, 1.82) is 0 Å². The van der Waals surface area contributed by atoms with Gasteiger partial charge in [0.2, 0.25) is 0 Å². The zero-order chi connectivity index (χ0) is 13.4. The smallest absolute Gasteiger partial charge is 0.314 e. The fraction of sp³-hybridized carbons (Fsp3) is 0.0769.